The molecule has 8 heteroatoms. The molecule has 3 rings (SSSR count). The fourth-order valence-corrected chi connectivity index (χ4v) is 3.45. The minimum atomic E-state index is -0.468. The third-order valence-corrected chi connectivity index (χ3v) is 5.15. The van der Waals surface area contributed by atoms with Gasteiger partial charge in [0, 0.05) is 44.7 Å². The predicted octanol–water partition coefficient (Wildman–Crippen LogP) is 2.75. The molecule has 0 spiro atoms. The van der Waals surface area contributed by atoms with Gasteiger partial charge >= 0.3 is 0 Å². The average molecular weight is 396 g/mol. The van der Waals surface area contributed by atoms with Gasteiger partial charge < -0.3 is 15.1 Å². The molecule has 0 bridgehead atoms. The van der Waals surface area contributed by atoms with Crippen molar-refractivity contribution in [1.29, 1.82) is 0 Å². The fraction of sp³-hybridized carbons (Fsp3) is 0.333. The highest BCUT2D eigenvalue weighted by atomic mass is 16.6. The highest BCUT2D eigenvalue weighted by molar-refractivity contribution is 5.96. The number of carbonyl (C=O) groups is 2. The zero-order chi connectivity index (χ0) is 21.0. The van der Waals surface area contributed by atoms with Crippen LogP contribution >= 0.6 is 0 Å². The standard InChI is InChI=1S/C21H24N4O4/c1-15(17-6-4-3-5-7-17)22-21(27)18-8-9-19(20(14-18)25(28)29)24-12-10-23(11-13-24)16(2)26/h3-9,14-15H,10-13H2,1-2H3,(H,22,27). The number of rotatable bonds is 5. The van der Waals surface area contributed by atoms with Crippen molar-refractivity contribution in [2.45, 2.75) is 19.9 Å². The molecule has 0 radical (unpaired) electrons. The minimum absolute atomic E-state index is 0.00120. The topological polar surface area (TPSA) is 95.8 Å². The summed E-state index contributed by atoms with van der Waals surface area (Å²) in [4.78, 5) is 38.9. The Morgan fingerprint density at radius 3 is 2.31 bits per heavy atom. The summed E-state index contributed by atoms with van der Waals surface area (Å²) in [6.07, 6.45) is 0. The van der Waals surface area contributed by atoms with Gasteiger partial charge in [0.2, 0.25) is 5.91 Å². The van der Waals surface area contributed by atoms with Crippen LogP contribution in [0.2, 0.25) is 0 Å². The Hall–Kier alpha value is -3.42. The number of piperazine rings is 1. The summed E-state index contributed by atoms with van der Waals surface area (Å²) in [5, 5.41) is 14.5. The number of benzene rings is 2. The van der Waals surface area contributed by atoms with E-state index in [1.54, 1.807) is 17.0 Å². The maximum absolute atomic E-state index is 12.6. The van der Waals surface area contributed by atoms with Gasteiger partial charge in [0.15, 0.2) is 0 Å². The molecule has 1 aliphatic heterocycles. The first-order valence-corrected chi connectivity index (χ1v) is 9.51. The van der Waals surface area contributed by atoms with Gasteiger partial charge in [-0.05, 0) is 24.6 Å². The molecule has 1 aliphatic rings. The lowest BCUT2D eigenvalue weighted by molar-refractivity contribution is -0.384. The van der Waals surface area contributed by atoms with Crippen molar-refractivity contribution in [2.75, 3.05) is 31.1 Å². The van der Waals surface area contributed by atoms with E-state index in [-0.39, 0.29) is 29.1 Å². The lowest BCUT2D eigenvalue weighted by Gasteiger charge is -2.35. The van der Waals surface area contributed by atoms with Crippen LogP contribution in [0.3, 0.4) is 0 Å². The number of anilines is 1. The van der Waals surface area contributed by atoms with Gasteiger partial charge in [0.25, 0.3) is 11.6 Å². The second kappa shape index (κ2) is 8.72. The molecule has 2 aromatic rings. The monoisotopic (exact) mass is 396 g/mol. The summed E-state index contributed by atoms with van der Waals surface area (Å²) in [5.41, 5.74) is 1.55. The largest absolute Gasteiger partial charge is 0.362 e. The SMILES string of the molecule is CC(=O)N1CCN(c2ccc(C(=O)NC(C)c3ccccc3)cc2[N+](=O)[O-])CC1. The third kappa shape index (κ3) is 4.71. The second-order valence-corrected chi connectivity index (χ2v) is 7.06. The van der Waals surface area contributed by atoms with E-state index in [2.05, 4.69) is 5.32 Å². The number of nitro benzene ring substituents is 1. The molecule has 1 unspecified atom stereocenters. The van der Waals surface area contributed by atoms with E-state index in [9.17, 15) is 19.7 Å². The average Bonchev–Trinajstić information content (AvgIpc) is 2.73. The Morgan fingerprint density at radius 2 is 1.72 bits per heavy atom. The molecule has 152 valence electrons. The molecular weight excluding hydrogens is 372 g/mol. The number of amides is 2. The van der Waals surface area contributed by atoms with E-state index in [1.807, 2.05) is 42.2 Å². The summed E-state index contributed by atoms with van der Waals surface area (Å²) in [6, 6.07) is 13.8. The van der Waals surface area contributed by atoms with Gasteiger partial charge in [-0.25, -0.2) is 0 Å². The Labute approximate surface area is 169 Å². The number of nitrogens with zero attached hydrogens (tertiary/aromatic N) is 3. The van der Waals surface area contributed by atoms with Crippen LogP contribution in [0, 0.1) is 10.1 Å². The lowest BCUT2D eigenvalue weighted by atomic mass is 10.1. The van der Waals surface area contributed by atoms with Crippen LogP contribution in [0.4, 0.5) is 11.4 Å². The third-order valence-electron chi connectivity index (χ3n) is 5.15. The van der Waals surface area contributed by atoms with E-state index in [1.165, 1.54) is 13.0 Å². The number of hydrogen-bond donors (Lipinski definition) is 1. The van der Waals surface area contributed by atoms with Crippen LogP contribution in [-0.2, 0) is 4.79 Å². The van der Waals surface area contributed by atoms with Gasteiger partial charge in [-0.2, -0.15) is 0 Å². The molecule has 0 aromatic heterocycles. The Bertz CT molecular complexity index is 908. The Kier molecular flexibility index (Phi) is 6.11. The van der Waals surface area contributed by atoms with Gasteiger partial charge in [0.1, 0.15) is 5.69 Å². The van der Waals surface area contributed by atoms with Crippen molar-refractivity contribution < 1.29 is 14.5 Å². The summed E-state index contributed by atoms with van der Waals surface area (Å²) >= 11 is 0. The smallest absolute Gasteiger partial charge is 0.293 e. The number of nitro groups is 1. The van der Waals surface area contributed by atoms with Crippen molar-refractivity contribution in [3.63, 3.8) is 0 Å². The second-order valence-electron chi connectivity index (χ2n) is 7.06. The van der Waals surface area contributed by atoms with Gasteiger partial charge in [-0.3, -0.25) is 19.7 Å². The quantitative estimate of drug-likeness (QED) is 0.619. The molecule has 2 aromatic carbocycles. The molecular formula is C21H24N4O4. The summed E-state index contributed by atoms with van der Waals surface area (Å²) in [6.45, 7) is 5.44. The van der Waals surface area contributed by atoms with Crippen LogP contribution in [-0.4, -0.2) is 47.8 Å². The zero-order valence-corrected chi connectivity index (χ0v) is 16.5. The van der Waals surface area contributed by atoms with E-state index < -0.39 is 4.92 Å². The van der Waals surface area contributed by atoms with Crippen molar-refractivity contribution >= 4 is 23.2 Å². The van der Waals surface area contributed by atoms with Crippen molar-refractivity contribution in [2.24, 2.45) is 0 Å². The normalized spacial score (nSPS) is 15.0. The number of carbonyl (C=O) groups excluding carboxylic acids is 2. The van der Waals surface area contributed by atoms with Gasteiger partial charge in [-0.1, -0.05) is 30.3 Å². The first kappa shape index (κ1) is 20.3. The highest BCUT2D eigenvalue weighted by Gasteiger charge is 2.26. The minimum Gasteiger partial charge on any atom is -0.362 e. The maximum Gasteiger partial charge on any atom is 0.293 e. The van der Waals surface area contributed by atoms with Crippen molar-refractivity contribution in [3.05, 3.63) is 69.8 Å². The van der Waals surface area contributed by atoms with Crippen molar-refractivity contribution in [3.8, 4) is 0 Å². The molecule has 0 aliphatic carbocycles. The maximum atomic E-state index is 12.6. The molecule has 0 saturated carbocycles. The molecule has 2 amide bonds. The number of nitrogens with one attached hydrogen (secondary N) is 1. The molecule has 1 atom stereocenters. The predicted molar refractivity (Wildman–Crippen MR) is 110 cm³/mol. The molecule has 1 saturated heterocycles. The molecule has 1 fully saturated rings. The van der Waals surface area contributed by atoms with E-state index in [0.29, 0.717) is 31.9 Å². The summed E-state index contributed by atoms with van der Waals surface area (Å²) in [5.74, 6) is -0.365. The van der Waals surface area contributed by atoms with E-state index in [4.69, 9.17) is 0 Å². The molecule has 29 heavy (non-hydrogen) atoms. The molecule has 8 nitrogen and oxygen atoms in total. The van der Waals surface area contributed by atoms with Crippen LogP contribution in [0.15, 0.2) is 48.5 Å². The summed E-state index contributed by atoms with van der Waals surface area (Å²) in [7, 11) is 0. The van der Waals surface area contributed by atoms with E-state index in [0.717, 1.165) is 5.56 Å². The highest BCUT2D eigenvalue weighted by Crippen LogP contribution is 2.30. The Morgan fingerprint density at radius 1 is 1.07 bits per heavy atom. The lowest BCUT2D eigenvalue weighted by Crippen LogP contribution is -2.48. The molecule has 1 heterocycles. The molecule has 1 N–H and O–H groups in total. The van der Waals surface area contributed by atoms with Gasteiger partial charge in [0.05, 0.1) is 11.0 Å². The first-order chi connectivity index (χ1) is 13.9. The number of hydrogen-bond acceptors (Lipinski definition) is 5. The fourth-order valence-electron chi connectivity index (χ4n) is 3.45. The van der Waals surface area contributed by atoms with Gasteiger partial charge in [-0.15, -0.1) is 0 Å². The summed E-state index contributed by atoms with van der Waals surface area (Å²) < 4.78 is 0. The van der Waals surface area contributed by atoms with Crippen molar-refractivity contribution in [1.82, 2.24) is 10.2 Å². The van der Waals surface area contributed by atoms with Crippen LogP contribution in [0.25, 0.3) is 0 Å². The first-order valence-electron chi connectivity index (χ1n) is 9.51. The van der Waals surface area contributed by atoms with Crippen LogP contribution in [0.1, 0.15) is 35.8 Å². The van der Waals surface area contributed by atoms with Crippen LogP contribution in [0.5, 0.6) is 0 Å². The van der Waals surface area contributed by atoms with E-state index >= 15 is 0 Å². The zero-order valence-electron chi connectivity index (χ0n) is 16.5. The van der Waals surface area contributed by atoms with Crippen LogP contribution < -0.4 is 10.2 Å². The Balaban J connectivity index is 1.76.